The molecule has 11 heteroatoms. The topological polar surface area (TPSA) is 103 Å². The second-order valence-electron chi connectivity index (χ2n) is 10.4. The maximum atomic E-state index is 15.0. The van der Waals surface area contributed by atoms with E-state index in [0.717, 1.165) is 11.3 Å². The Hall–Kier alpha value is -3.34. The Morgan fingerprint density at radius 1 is 1.15 bits per heavy atom. The van der Waals surface area contributed by atoms with Crippen molar-refractivity contribution >= 4 is 34.9 Å². The number of thioether (sulfide) groups is 1. The van der Waals surface area contributed by atoms with Gasteiger partial charge in [0, 0.05) is 50.1 Å². The molecule has 0 unspecified atom stereocenters. The third-order valence-electron chi connectivity index (χ3n) is 7.99. The average Bonchev–Trinajstić information content (AvgIpc) is 3.20. The number of carbonyl (C=O) groups excluding carboxylic acids is 2. The zero-order valence-electron chi connectivity index (χ0n) is 22.4. The molecule has 2 fully saturated rings. The summed E-state index contributed by atoms with van der Waals surface area (Å²) in [7, 11) is 0. The number of urea groups is 1. The van der Waals surface area contributed by atoms with Gasteiger partial charge >= 0.3 is 11.7 Å². The molecule has 208 valence electrons. The first-order valence-electron chi connectivity index (χ1n) is 13.5. The van der Waals surface area contributed by atoms with E-state index < -0.39 is 6.04 Å². The summed E-state index contributed by atoms with van der Waals surface area (Å²) in [5.74, 6) is 0.319. The van der Waals surface area contributed by atoms with Crippen LogP contribution in [-0.4, -0.2) is 80.5 Å². The molecular weight excluding hydrogens is 519 g/mol. The van der Waals surface area contributed by atoms with E-state index in [-0.39, 0.29) is 35.4 Å². The van der Waals surface area contributed by atoms with Crippen molar-refractivity contribution < 1.29 is 14.0 Å². The third kappa shape index (κ3) is 5.68. The average molecular weight is 555 g/mol. The number of H-pyrrole nitrogens is 1. The van der Waals surface area contributed by atoms with Crippen LogP contribution >= 0.6 is 11.8 Å². The van der Waals surface area contributed by atoms with E-state index in [1.54, 1.807) is 51.4 Å². The fraction of sp³-hybridized carbons (Fsp3) is 0.500. The molecule has 0 spiro atoms. The highest BCUT2D eigenvalue weighted by atomic mass is 32.2. The Morgan fingerprint density at radius 3 is 2.72 bits per heavy atom. The molecule has 3 amide bonds. The Kier molecular flexibility index (Phi) is 8.25. The van der Waals surface area contributed by atoms with Gasteiger partial charge < -0.3 is 15.1 Å². The van der Waals surface area contributed by atoms with Crippen LogP contribution in [0.1, 0.15) is 48.8 Å². The lowest BCUT2D eigenvalue weighted by molar-refractivity contribution is -0.132. The van der Waals surface area contributed by atoms with Crippen molar-refractivity contribution in [2.24, 2.45) is 0 Å². The number of amides is 3. The zero-order chi connectivity index (χ0) is 27.5. The quantitative estimate of drug-likeness (QED) is 0.484. The number of nitrogens with one attached hydrogen (secondary N) is 2. The van der Waals surface area contributed by atoms with Crippen molar-refractivity contribution in [2.45, 2.75) is 50.6 Å². The number of nitrogens with zero attached hydrogens (tertiary/aromatic N) is 4. The number of carbonyl (C=O) groups is 2. The number of rotatable bonds is 6. The van der Waals surface area contributed by atoms with Crippen LogP contribution in [0.25, 0.3) is 11.2 Å². The summed E-state index contributed by atoms with van der Waals surface area (Å²) in [5.41, 5.74) is 2.36. The molecule has 2 aromatic heterocycles. The van der Waals surface area contributed by atoms with Crippen LogP contribution in [0.5, 0.6) is 0 Å². The van der Waals surface area contributed by atoms with Crippen molar-refractivity contribution in [1.29, 1.82) is 0 Å². The predicted molar refractivity (Wildman–Crippen MR) is 151 cm³/mol. The number of hydrogen-bond donors (Lipinski definition) is 2. The Bertz CT molecular complexity index is 1400. The lowest BCUT2D eigenvalue weighted by Gasteiger charge is -2.34. The monoisotopic (exact) mass is 554 g/mol. The summed E-state index contributed by atoms with van der Waals surface area (Å²) < 4.78 is 16.7. The van der Waals surface area contributed by atoms with E-state index in [2.05, 4.69) is 15.3 Å². The first-order valence-corrected chi connectivity index (χ1v) is 14.9. The molecule has 3 aromatic rings. The molecule has 4 heterocycles. The van der Waals surface area contributed by atoms with Gasteiger partial charge in [-0.05, 0) is 62.1 Å². The van der Waals surface area contributed by atoms with Crippen molar-refractivity contribution in [1.82, 2.24) is 29.7 Å². The molecule has 1 aromatic carbocycles. The third-order valence-corrected chi connectivity index (χ3v) is 8.58. The fourth-order valence-electron chi connectivity index (χ4n) is 5.82. The van der Waals surface area contributed by atoms with Gasteiger partial charge in [-0.3, -0.25) is 14.3 Å². The Labute approximate surface area is 231 Å². The van der Waals surface area contributed by atoms with Gasteiger partial charge in [0.2, 0.25) is 5.91 Å². The fourth-order valence-corrected chi connectivity index (χ4v) is 6.23. The highest BCUT2D eigenvalue weighted by molar-refractivity contribution is 7.98. The van der Waals surface area contributed by atoms with E-state index in [1.807, 2.05) is 24.5 Å². The van der Waals surface area contributed by atoms with E-state index in [1.165, 1.54) is 0 Å². The standard InChI is InChI=1S/C28H35FN6O3S/c1-18-5-3-6-21(24(18)29)19-8-9-22(26(36)34(17-19)15-16-39-2)31-27(37)33-13-10-20(11-14-33)35-23-7-4-12-30-25(23)32-28(35)38/h3-7,12,19-20,22H,8-11,13-17H2,1-2H3,(H,31,37)(H,30,32,38)/t19-,22-/m1/s1. The number of aromatic nitrogens is 3. The molecule has 2 aliphatic rings. The zero-order valence-corrected chi connectivity index (χ0v) is 23.2. The molecule has 2 N–H and O–H groups in total. The number of benzene rings is 1. The van der Waals surface area contributed by atoms with Crippen molar-refractivity contribution in [3.8, 4) is 0 Å². The SMILES string of the molecule is CSCCN1C[C@H](c2cccc(C)c2F)CC[C@@H](NC(=O)N2CCC(n3c(=O)[nH]c4ncccc43)CC2)C1=O. The van der Waals surface area contributed by atoms with Gasteiger partial charge in [-0.1, -0.05) is 18.2 Å². The number of piperidine rings is 1. The lowest BCUT2D eigenvalue weighted by Crippen LogP contribution is -2.53. The summed E-state index contributed by atoms with van der Waals surface area (Å²) in [6, 6.07) is 8.13. The predicted octanol–water partition coefficient (Wildman–Crippen LogP) is 3.66. The van der Waals surface area contributed by atoms with Gasteiger partial charge in [-0.25, -0.2) is 19.0 Å². The minimum absolute atomic E-state index is 0.0361. The van der Waals surface area contributed by atoms with Gasteiger partial charge in [-0.15, -0.1) is 0 Å². The van der Waals surface area contributed by atoms with Crippen LogP contribution < -0.4 is 11.0 Å². The lowest BCUT2D eigenvalue weighted by atomic mass is 9.92. The summed E-state index contributed by atoms with van der Waals surface area (Å²) in [5, 5.41) is 2.98. The number of hydrogen-bond acceptors (Lipinski definition) is 5. The maximum absolute atomic E-state index is 15.0. The van der Waals surface area contributed by atoms with Crippen LogP contribution in [0, 0.1) is 12.7 Å². The number of imidazole rings is 1. The van der Waals surface area contributed by atoms with Crippen LogP contribution in [0.2, 0.25) is 0 Å². The Morgan fingerprint density at radius 2 is 1.95 bits per heavy atom. The van der Waals surface area contributed by atoms with Gasteiger partial charge in [-0.2, -0.15) is 11.8 Å². The van der Waals surface area contributed by atoms with Crippen molar-refractivity contribution in [2.75, 3.05) is 38.2 Å². The summed E-state index contributed by atoms with van der Waals surface area (Å²) in [4.78, 5) is 49.9. The van der Waals surface area contributed by atoms with Crippen molar-refractivity contribution in [3.05, 3.63) is 64.0 Å². The molecule has 9 nitrogen and oxygen atoms in total. The van der Waals surface area contributed by atoms with Crippen LogP contribution in [0.4, 0.5) is 9.18 Å². The second kappa shape index (κ2) is 11.8. The normalized spacial score (nSPS) is 20.8. The molecule has 0 radical (unpaired) electrons. The molecule has 2 aliphatic heterocycles. The summed E-state index contributed by atoms with van der Waals surface area (Å²) in [6.45, 7) is 3.69. The van der Waals surface area contributed by atoms with Crippen molar-refractivity contribution in [3.63, 3.8) is 0 Å². The number of fused-ring (bicyclic) bond motifs is 1. The van der Waals surface area contributed by atoms with Gasteiger partial charge in [0.05, 0.1) is 5.52 Å². The highest BCUT2D eigenvalue weighted by Gasteiger charge is 2.35. The number of pyridine rings is 1. The summed E-state index contributed by atoms with van der Waals surface area (Å²) in [6.07, 6.45) is 5.94. The Balaban J connectivity index is 1.25. The minimum atomic E-state index is -0.655. The first-order chi connectivity index (χ1) is 18.9. The van der Waals surface area contributed by atoms with E-state index in [9.17, 15) is 18.8 Å². The number of likely N-dealkylation sites (tertiary alicyclic amines) is 2. The second-order valence-corrected chi connectivity index (χ2v) is 11.4. The first kappa shape index (κ1) is 27.2. The smallest absolute Gasteiger partial charge is 0.327 e. The minimum Gasteiger partial charge on any atom is -0.339 e. The maximum Gasteiger partial charge on any atom is 0.327 e. The molecule has 0 aliphatic carbocycles. The van der Waals surface area contributed by atoms with Crippen LogP contribution in [0.15, 0.2) is 41.3 Å². The molecule has 5 rings (SSSR count). The number of halogens is 1. The molecule has 2 saturated heterocycles. The van der Waals surface area contributed by atoms with E-state index in [4.69, 9.17) is 0 Å². The molecular formula is C28H35FN6O3S. The molecule has 0 bridgehead atoms. The largest absolute Gasteiger partial charge is 0.339 e. The molecule has 0 saturated carbocycles. The molecule has 39 heavy (non-hydrogen) atoms. The van der Waals surface area contributed by atoms with Gasteiger partial charge in [0.25, 0.3) is 0 Å². The van der Waals surface area contributed by atoms with Gasteiger partial charge in [0.15, 0.2) is 5.65 Å². The van der Waals surface area contributed by atoms with Crippen LogP contribution in [-0.2, 0) is 4.79 Å². The number of aromatic amines is 1. The van der Waals surface area contributed by atoms with Crippen LogP contribution in [0.3, 0.4) is 0 Å². The van der Waals surface area contributed by atoms with Gasteiger partial charge in [0.1, 0.15) is 11.9 Å². The van der Waals surface area contributed by atoms with E-state index >= 15 is 0 Å². The highest BCUT2D eigenvalue weighted by Crippen LogP contribution is 2.31. The van der Waals surface area contributed by atoms with E-state index in [0.29, 0.717) is 68.6 Å². The number of aryl methyl sites for hydroxylation is 1. The summed E-state index contributed by atoms with van der Waals surface area (Å²) >= 11 is 1.65. The molecule has 2 atom stereocenters.